The van der Waals surface area contributed by atoms with Gasteiger partial charge < -0.3 is 15.2 Å². The normalized spacial score (nSPS) is 18.3. The van der Waals surface area contributed by atoms with Crippen molar-refractivity contribution < 1.29 is 19.2 Å². The molecule has 0 bridgehead atoms. The van der Waals surface area contributed by atoms with Crippen LogP contribution in [0.25, 0.3) is 0 Å². The predicted octanol–water partition coefficient (Wildman–Crippen LogP) is 3.95. The van der Waals surface area contributed by atoms with E-state index in [0.717, 1.165) is 11.1 Å². The zero-order chi connectivity index (χ0) is 20.9. The van der Waals surface area contributed by atoms with Crippen molar-refractivity contribution in [3.63, 3.8) is 0 Å². The van der Waals surface area contributed by atoms with E-state index >= 15 is 0 Å². The zero-order valence-corrected chi connectivity index (χ0v) is 16.5. The highest BCUT2D eigenvalue weighted by molar-refractivity contribution is 6.10. The highest BCUT2D eigenvalue weighted by Gasteiger charge is 2.22. The van der Waals surface area contributed by atoms with Gasteiger partial charge in [-0.15, -0.1) is 0 Å². The van der Waals surface area contributed by atoms with Crippen molar-refractivity contribution in [3.8, 4) is 5.75 Å². The Morgan fingerprint density at radius 1 is 1.36 bits per heavy atom. The van der Waals surface area contributed by atoms with E-state index in [9.17, 15) is 14.9 Å². The molecule has 1 aromatic carbocycles. The summed E-state index contributed by atoms with van der Waals surface area (Å²) < 4.78 is 10.9. The summed E-state index contributed by atoms with van der Waals surface area (Å²) in [6.07, 6.45) is 3.49. The monoisotopic (exact) mass is 387 g/mol. The maximum atomic E-state index is 12.0. The largest absolute Gasteiger partial charge is 0.493 e. The Balaban J connectivity index is 2.07. The van der Waals surface area contributed by atoms with Crippen molar-refractivity contribution in [2.75, 3.05) is 6.61 Å². The molecule has 1 atom stereocenters. The Kier molecular flexibility index (Phi) is 6.69. The number of nitro groups is 1. The predicted molar refractivity (Wildman–Crippen MR) is 107 cm³/mol. The second-order valence-electron chi connectivity index (χ2n) is 7.37. The number of hydrogen-bond donors (Lipinski definition) is 1. The summed E-state index contributed by atoms with van der Waals surface area (Å²) in [5.74, 6) is 0.423. The van der Waals surface area contributed by atoms with E-state index in [0.29, 0.717) is 24.5 Å². The Morgan fingerprint density at radius 3 is 2.71 bits per heavy atom. The highest BCUT2D eigenvalue weighted by Crippen LogP contribution is 2.22. The van der Waals surface area contributed by atoms with Crippen LogP contribution in [0, 0.1) is 10.1 Å². The Morgan fingerprint density at radius 2 is 2.07 bits per heavy atom. The number of nitro benzene ring substituents is 1. The third kappa shape index (κ3) is 6.02. The molecule has 150 valence electrons. The third-order valence-corrected chi connectivity index (χ3v) is 3.96. The van der Waals surface area contributed by atoms with Crippen molar-refractivity contribution in [3.05, 3.63) is 57.7 Å². The summed E-state index contributed by atoms with van der Waals surface area (Å²) >= 11 is 0. The van der Waals surface area contributed by atoms with Gasteiger partial charge >= 0.3 is 6.09 Å². The zero-order valence-electron chi connectivity index (χ0n) is 16.5. The van der Waals surface area contributed by atoms with Crippen LogP contribution in [0.3, 0.4) is 0 Å². The first-order valence-corrected chi connectivity index (χ1v) is 8.89. The third-order valence-electron chi connectivity index (χ3n) is 3.96. The molecular formula is C20H25N3O5. The van der Waals surface area contributed by atoms with Crippen LogP contribution >= 0.6 is 0 Å². The molecule has 0 spiro atoms. The SMILES string of the molecule is CC1=C(CCOc2cccc([N+](=O)[O-])c2)C=CC(N)C1=NC(=O)OC(C)(C)C. The molecule has 28 heavy (non-hydrogen) atoms. The average Bonchev–Trinajstić information content (AvgIpc) is 2.59. The van der Waals surface area contributed by atoms with Gasteiger partial charge in [0.1, 0.15) is 11.4 Å². The average molecular weight is 387 g/mol. The number of carbonyl (C=O) groups excluding carboxylic acids is 1. The van der Waals surface area contributed by atoms with Gasteiger partial charge in [0.25, 0.3) is 5.69 Å². The lowest BCUT2D eigenvalue weighted by atomic mass is 9.92. The number of ether oxygens (including phenoxy) is 2. The summed E-state index contributed by atoms with van der Waals surface area (Å²) in [4.78, 5) is 26.4. The number of nitrogens with two attached hydrogens (primary N) is 1. The van der Waals surface area contributed by atoms with Crippen molar-refractivity contribution in [2.45, 2.75) is 45.8 Å². The van der Waals surface area contributed by atoms with Crippen LogP contribution in [0.4, 0.5) is 10.5 Å². The maximum Gasteiger partial charge on any atom is 0.434 e. The van der Waals surface area contributed by atoms with Gasteiger partial charge in [-0.3, -0.25) is 10.1 Å². The molecular weight excluding hydrogens is 362 g/mol. The van der Waals surface area contributed by atoms with Crippen molar-refractivity contribution in [2.24, 2.45) is 10.7 Å². The van der Waals surface area contributed by atoms with E-state index < -0.39 is 22.7 Å². The molecule has 1 aliphatic rings. The van der Waals surface area contributed by atoms with Crippen LogP contribution in [0.2, 0.25) is 0 Å². The van der Waals surface area contributed by atoms with E-state index in [1.54, 1.807) is 39.0 Å². The lowest BCUT2D eigenvalue weighted by Gasteiger charge is -2.22. The van der Waals surface area contributed by atoms with E-state index in [1.165, 1.54) is 12.1 Å². The number of nitrogens with zero attached hydrogens (tertiary/aromatic N) is 2. The number of amides is 1. The molecule has 0 fully saturated rings. The molecule has 0 heterocycles. The molecule has 0 saturated heterocycles. The summed E-state index contributed by atoms with van der Waals surface area (Å²) in [6.45, 7) is 7.46. The molecule has 0 radical (unpaired) electrons. The second-order valence-corrected chi connectivity index (χ2v) is 7.37. The number of carbonyl (C=O) groups is 1. The summed E-state index contributed by atoms with van der Waals surface area (Å²) in [5.41, 5.74) is 7.57. The molecule has 1 aliphatic carbocycles. The van der Waals surface area contributed by atoms with Gasteiger partial charge in [-0.05, 0) is 44.9 Å². The molecule has 2 N–H and O–H groups in total. The minimum absolute atomic E-state index is 0.0248. The van der Waals surface area contributed by atoms with E-state index in [4.69, 9.17) is 15.2 Å². The van der Waals surface area contributed by atoms with Crippen LogP contribution in [0.15, 0.2) is 52.6 Å². The number of allylic oxidation sites excluding steroid dienone is 1. The summed E-state index contributed by atoms with van der Waals surface area (Å²) in [6, 6.07) is 5.53. The molecule has 8 nitrogen and oxygen atoms in total. The van der Waals surface area contributed by atoms with Gasteiger partial charge in [-0.1, -0.05) is 18.2 Å². The first-order chi connectivity index (χ1) is 13.1. The highest BCUT2D eigenvalue weighted by atomic mass is 16.6. The molecule has 0 aromatic heterocycles. The van der Waals surface area contributed by atoms with E-state index in [-0.39, 0.29) is 5.69 Å². The van der Waals surface area contributed by atoms with Crippen LogP contribution in [-0.4, -0.2) is 35.0 Å². The molecule has 2 rings (SSSR count). The lowest BCUT2D eigenvalue weighted by Crippen LogP contribution is -2.33. The van der Waals surface area contributed by atoms with Gasteiger partial charge in [0.05, 0.1) is 29.4 Å². The number of rotatable bonds is 5. The molecule has 1 unspecified atom stereocenters. The molecule has 8 heteroatoms. The minimum Gasteiger partial charge on any atom is -0.493 e. The van der Waals surface area contributed by atoms with Crippen molar-refractivity contribution in [1.29, 1.82) is 0 Å². The fraction of sp³-hybridized carbons (Fsp3) is 0.400. The van der Waals surface area contributed by atoms with Gasteiger partial charge in [-0.2, -0.15) is 4.99 Å². The lowest BCUT2D eigenvalue weighted by molar-refractivity contribution is -0.384. The van der Waals surface area contributed by atoms with Crippen molar-refractivity contribution in [1.82, 2.24) is 0 Å². The molecule has 0 aliphatic heterocycles. The minimum atomic E-state index is -0.681. The van der Waals surface area contributed by atoms with Crippen molar-refractivity contribution >= 4 is 17.5 Å². The number of benzene rings is 1. The topological polar surface area (TPSA) is 117 Å². The van der Waals surface area contributed by atoms with Crippen LogP contribution < -0.4 is 10.5 Å². The van der Waals surface area contributed by atoms with Gasteiger partial charge in [0, 0.05) is 12.5 Å². The maximum absolute atomic E-state index is 12.0. The van der Waals surface area contributed by atoms with E-state index in [1.807, 2.05) is 13.0 Å². The first-order valence-electron chi connectivity index (χ1n) is 8.89. The number of non-ortho nitro benzene ring substituents is 1. The van der Waals surface area contributed by atoms with E-state index in [2.05, 4.69) is 4.99 Å². The smallest absolute Gasteiger partial charge is 0.434 e. The first kappa shape index (κ1) is 21.3. The molecule has 1 amide bonds. The fourth-order valence-electron chi connectivity index (χ4n) is 2.63. The fourth-order valence-corrected chi connectivity index (χ4v) is 2.63. The van der Waals surface area contributed by atoms with Gasteiger partial charge in [-0.25, -0.2) is 4.79 Å². The Bertz CT molecular complexity index is 850. The van der Waals surface area contributed by atoms with Crippen LogP contribution in [0.1, 0.15) is 34.1 Å². The Hall–Kier alpha value is -3.00. The summed E-state index contributed by atoms with van der Waals surface area (Å²) in [7, 11) is 0. The summed E-state index contributed by atoms with van der Waals surface area (Å²) in [5, 5.41) is 10.8. The Labute approximate surface area is 163 Å². The molecule has 1 aromatic rings. The standard InChI is InChI=1S/C20H25N3O5/c1-13-14(10-11-27-16-7-5-6-15(12-16)23(25)26)8-9-17(21)18(13)22-19(24)28-20(2,3)4/h5-9,12,17H,10-11,21H2,1-4H3. The van der Waals surface area contributed by atoms with Crippen LogP contribution in [-0.2, 0) is 4.74 Å². The van der Waals surface area contributed by atoms with Crippen LogP contribution in [0.5, 0.6) is 5.75 Å². The van der Waals surface area contributed by atoms with Gasteiger partial charge in [0.2, 0.25) is 0 Å². The van der Waals surface area contributed by atoms with Gasteiger partial charge in [0.15, 0.2) is 0 Å². The molecule has 0 saturated carbocycles. The number of aliphatic imine (C=N–C) groups is 1. The number of hydrogen-bond acceptors (Lipinski definition) is 6. The second kappa shape index (κ2) is 8.79. The quantitative estimate of drug-likeness (QED) is 0.604.